The van der Waals surface area contributed by atoms with Gasteiger partial charge in [0.2, 0.25) is 5.95 Å². The second kappa shape index (κ2) is 7.06. The standard InChI is InChI=1S/C20H19ClFN6O/c1-12-23-20(29-12)27-9-6-14(7-10-27)24-19-25-18-16(3-2-8-28(18)26-19)15-5-4-13(22)11-17(15)21/h2-5,8,11,14H,6-7,9-10H2,1H3,(H,24,26)/q+1. The summed E-state index contributed by atoms with van der Waals surface area (Å²) in [7, 11) is 0. The molecule has 9 heteroatoms. The van der Waals surface area contributed by atoms with Crippen LogP contribution in [-0.2, 0) is 4.74 Å². The zero-order chi connectivity index (χ0) is 20.0. The molecule has 1 saturated heterocycles. The second-order valence-corrected chi connectivity index (χ2v) is 7.58. The Morgan fingerprint density at radius 1 is 1.24 bits per heavy atom. The lowest BCUT2D eigenvalue weighted by Gasteiger charge is -2.27. The summed E-state index contributed by atoms with van der Waals surface area (Å²) in [5, 5.41) is 8.32. The third-order valence-corrected chi connectivity index (χ3v) is 5.49. The van der Waals surface area contributed by atoms with Crippen molar-refractivity contribution in [1.29, 1.82) is 0 Å². The molecule has 148 valence electrons. The van der Waals surface area contributed by atoms with E-state index in [-0.39, 0.29) is 11.9 Å². The van der Waals surface area contributed by atoms with Crippen molar-refractivity contribution < 1.29 is 9.13 Å². The first-order chi connectivity index (χ1) is 14.1. The molecule has 0 bridgehead atoms. The molecule has 0 radical (unpaired) electrons. The van der Waals surface area contributed by atoms with Gasteiger partial charge in [-0.2, -0.15) is 4.98 Å². The van der Waals surface area contributed by atoms with Gasteiger partial charge < -0.3 is 10.1 Å². The monoisotopic (exact) mass is 413 g/mol. The average molecular weight is 414 g/mol. The van der Waals surface area contributed by atoms with E-state index in [1.54, 1.807) is 10.6 Å². The van der Waals surface area contributed by atoms with Crippen LogP contribution in [0, 0.1) is 5.82 Å². The zero-order valence-corrected chi connectivity index (χ0v) is 16.5. The Bertz CT molecular complexity index is 1160. The molecule has 2 aliphatic heterocycles. The number of aromatic nitrogens is 3. The summed E-state index contributed by atoms with van der Waals surface area (Å²) in [5.41, 5.74) is 2.20. The lowest BCUT2D eigenvalue weighted by atomic mass is 10.1. The molecule has 1 aromatic carbocycles. The van der Waals surface area contributed by atoms with E-state index in [1.165, 1.54) is 12.1 Å². The van der Waals surface area contributed by atoms with Crippen molar-refractivity contribution in [3.8, 4) is 11.1 Å². The largest absolute Gasteiger partial charge is 0.561 e. The van der Waals surface area contributed by atoms with Gasteiger partial charge in [0.25, 0.3) is 0 Å². The zero-order valence-electron chi connectivity index (χ0n) is 15.8. The van der Waals surface area contributed by atoms with Gasteiger partial charge in [0, 0.05) is 36.2 Å². The fourth-order valence-electron chi connectivity index (χ4n) is 3.69. The van der Waals surface area contributed by atoms with Gasteiger partial charge in [-0.1, -0.05) is 11.6 Å². The number of likely N-dealkylation sites (tertiary alicyclic amines) is 1. The number of rotatable bonds is 3. The van der Waals surface area contributed by atoms with Crippen LogP contribution >= 0.6 is 11.6 Å². The van der Waals surface area contributed by atoms with Gasteiger partial charge in [0.1, 0.15) is 5.82 Å². The Hall–Kier alpha value is -3.09. The number of nitrogens with one attached hydrogen (secondary N) is 1. The normalized spacial score (nSPS) is 16.9. The molecule has 0 aliphatic carbocycles. The maximum atomic E-state index is 13.4. The van der Waals surface area contributed by atoms with Crippen LogP contribution in [0.25, 0.3) is 16.8 Å². The number of piperidine rings is 1. The highest BCUT2D eigenvalue weighted by molar-refractivity contribution is 6.33. The molecule has 29 heavy (non-hydrogen) atoms. The van der Waals surface area contributed by atoms with Crippen LogP contribution in [0.2, 0.25) is 5.02 Å². The third kappa shape index (κ3) is 3.41. The third-order valence-electron chi connectivity index (χ3n) is 5.17. The Morgan fingerprint density at radius 3 is 2.76 bits per heavy atom. The lowest BCUT2D eigenvalue weighted by Crippen LogP contribution is -2.48. The quantitative estimate of drug-likeness (QED) is 0.669. The highest BCUT2D eigenvalue weighted by Crippen LogP contribution is 2.31. The van der Waals surface area contributed by atoms with E-state index >= 15 is 0 Å². The summed E-state index contributed by atoms with van der Waals surface area (Å²) < 4.78 is 24.9. The number of amidine groups is 1. The van der Waals surface area contributed by atoms with Crippen molar-refractivity contribution in [3.63, 3.8) is 0 Å². The Morgan fingerprint density at radius 2 is 2.03 bits per heavy atom. The molecule has 0 spiro atoms. The maximum absolute atomic E-state index is 13.4. The van der Waals surface area contributed by atoms with Crippen molar-refractivity contribution in [2.75, 3.05) is 18.4 Å². The summed E-state index contributed by atoms with van der Waals surface area (Å²) in [6.45, 7) is 3.58. The van der Waals surface area contributed by atoms with E-state index in [0.29, 0.717) is 28.5 Å². The Labute approximate surface area is 171 Å². The molecule has 5 rings (SSSR count). The minimum Gasteiger partial charge on any atom is -0.350 e. The van der Waals surface area contributed by atoms with E-state index in [1.807, 2.05) is 25.3 Å². The SMILES string of the molecule is CC1=[N+]=C(N2CCC(Nc3nc4c(-c5ccc(F)cc5Cl)cccn4n3)CC2)O1. The summed E-state index contributed by atoms with van der Waals surface area (Å²) in [4.78, 5) is 6.81. The molecule has 1 N–H and O–H groups in total. The van der Waals surface area contributed by atoms with Gasteiger partial charge in [0.15, 0.2) is 5.65 Å². The Balaban J connectivity index is 1.35. The van der Waals surface area contributed by atoms with Crippen molar-refractivity contribution in [3.05, 3.63) is 47.4 Å². The molecule has 0 atom stereocenters. The molecule has 2 aromatic heterocycles. The van der Waals surface area contributed by atoms with E-state index < -0.39 is 0 Å². The van der Waals surface area contributed by atoms with E-state index in [9.17, 15) is 4.39 Å². The first kappa shape index (κ1) is 18.0. The molecular formula is C20H19ClFN6O+. The fraction of sp³-hybridized carbons (Fsp3) is 0.300. The fourth-order valence-corrected chi connectivity index (χ4v) is 3.96. The molecule has 0 unspecified atom stereocenters. The van der Waals surface area contributed by atoms with Crippen molar-refractivity contribution >= 4 is 35.1 Å². The lowest BCUT2D eigenvalue weighted by molar-refractivity contribution is 0.263. The van der Waals surface area contributed by atoms with E-state index in [2.05, 4.69) is 25.0 Å². The predicted octanol–water partition coefficient (Wildman–Crippen LogP) is 2.94. The topological polar surface area (TPSA) is 68.8 Å². The minimum absolute atomic E-state index is 0.271. The van der Waals surface area contributed by atoms with Crippen LogP contribution in [0.3, 0.4) is 0 Å². The van der Waals surface area contributed by atoms with E-state index in [4.69, 9.17) is 16.3 Å². The van der Waals surface area contributed by atoms with Crippen LogP contribution in [0.1, 0.15) is 19.8 Å². The number of anilines is 1. The van der Waals surface area contributed by atoms with Gasteiger partial charge in [0.05, 0.1) is 25.0 Å². The summed E-state index contributed by atoms with van der Waals surface area (Å²) in [6, 6.07) is 9.12. The van der Waals surface area contributed by atoms with Crippen LogP contribution in [0.15, 0.2) is 36.5 Å². The van der Waals surface area contributed by atoms with Gasteiger partial charge in [-0.25, -0.2) is 13.8 Å². The number of hydrogen-bond donors (Lipinski definition) is 1. The first-order valence-corrected chi connectivity index (χ1v) is 9.87. The number of ether oxygens (including phenoxy) is 1. The number of hydrogen-bond acceptors (Lipinski definition) is 5. The molecule has 0 saturated carbocycles. The molecule has 2 aliphatic rings. The molecule has 4 heterocycles. The predicted molar refractivity (Wildman–Crippen MR) is 111 cm³/mol. The highest BCUT2D eigenvalue weighted by Gasteiger charge is 2.35. The first-order valence-electron chi connectivity index (χ1n) is 9.49. The van der Waals surface area contributed by atoms with Gasteiger partial charge in [-0.05, 0) is 30.3 Å². The number of fused-ring (bicyclic) bond motifs is 1. The molecule has 3 aromatic rings. The van der Waals surface area contributed by atoms with Crippen molar-refractivity contribution in [2.24, 2.45) is 0 Å². The molecule has 7 nitrogen and oxygen atoms in total. The van der Waals surface area contributed by atoms with Gasteiger partial charge in [-0.3, -0.25) is 0 Å². The molecular weight excluding hydrogens is 395 g/mol. The van der Waals surface area contributed by atoms with Crippen LogP contribution in [0.5, 0.6) is 0 Å². The van der Waals surface area contributed by atoms with Crippen molar-refractivity contribution in [2.45, 2.75) is 25.8 Å². The van der Waals surface area contributed by atoms with Gasteiger partial charge in [-0.15, -0.1) is 9.77 Å². The van der Waals surface area contributed by atoms with E-state index in [0.717, 1.165) is 37.1 Å². The van der Waals surface area contributed by atoms with Gasteiger partial charge >= 0.3 is 11.9 Å². The maximum Gasteiger partial charge on any atom is 0.561 e. The van der Waals surface area contributed by atoms with Crippen LogP contribution in [-0.4, -0.2) is 50.5 Å². The van der Waals surface area contributed by atoms with Crippen molar-refractivity contribution in [1.82, 2.24) is 24.2 Å². The number of halogens is 2. The minimum atomic E-state index is -0.368. The number of benzene rings is 1. The summed E-state index contributed by atoms with van der Waals surface area (Å²) >= 11 is 6.25. The summed E-state index contributed by atoms with van der Waals surface area (Å²) in [5.74, 6) is 0.911. The summed E-state index contributed by atoms with van der Waals surface area (Å²) in [6.07, 6.45) is 3.71. The molecule has 0 amide bonds. The highest BCUT2D eigenvalue weighted by atomic mass is 35.5. The van der Waals surface area contributed by atoms with Crippen LogP contribution < -0.4 is 9.98 Å². The molecule has 1 fully saturated rings. The number of pyridine rings is 1. The smallest absolute Gasteiger partial charge is 0.350 e. The number of nitrogens with zero attached hydrogens (tertiary/aromatic N) is 5. The average Bonchev–Trinajstić information content (AvgIpc) is 3.09. The second-order valence-electron chi connectivity index (χ2n) is 7.17. The Kier molecular flexibility index (Phi) is 4.38. The van der Waals surface area contributed by atoms with Crippen LogP contribution in [0.4, 0.5) is 10.3 Å².